The molecule has 0 fully saturated rings. The van der Waals surface area contributed by atoms with Crippen molar-refractivity contribution in [3.05, 3.63) is 29.3 Å². The first-order valence-electron chi connectivity index (χ1n) is 5.68. The van der Waals surface area contributed by atoms with Gasteiger partial charge in [-0.15, -0.1) is 0 Å². The zero-order valence-electron chi connectivity index (χ0n) is 10.3. The molecule has 0 unspecified atom stereocenters. The molecule has 0 aliphatic carbocycles. The van der Waals surface area contributed by atoms with Crippen LogP contribution in [0.3, 0.4) is 0 Å². The molecule has 0 heterocycles. The summed E-state index contributed by atoms with van der Waals surface area (Å²) >= 11 is 0. The molecule has 0 amide bonds. The lowest BCUT2D eigenvalue weighted by Crippen LogP contribution is -2.30. The number of nitrogens with zero attached hydrogens (tertiary/aromatic N) is 1. The summed E-state index contributed by atoms with van der Waals surface area (Å²) in [7, 11) is 0. The van der Waals surface area contributed by atoms with Crippen molar-refractivity contribution < 1.29 is 15.0 Å². The van der Waals surface area contributed by atoms with E-state index in [1.807, 2.05) is 24.0 Å². The first-order valence-corrected chi connectivity index (χ1v) is 5.68. The molecule has 2 N–H and O–H groups in total. The quantitative estimate of drug-likeness (QED) is 0.724. The second-order valence-electron chi connectivity index (χ2n) is 3.99. The van der Waals surface area contributed by atoms with E-state index >= 15 is 0 Å². The van der Waals surface area contributed by atoms with E-state index in [0.717, 1.165) is 11.3 Å². The number of ketones is 1. The number of Topliss-reactive ketones (excluding diaryl/α,β-unsaturated/α-hetero) is 1. The minimum Gasteiger partial charge on any atom is -0.395 e. The van der Waals surface area contributed by atoms with Gasteiger partial charge in [0.2, 0.25) is 0 Å². The van der Waals surface area contributed by atoms with Crippen LogP contribution in [-0.2, 0) is 0 Å². The fraction of sp³-hybridized carbons (Fsp3) is 0.462. The van der Waals surface area contributed by atoms with Crippen LogP contribution >= 0.6 is 0 Å². The number of carbonyl (C=O) groups is 1. The summed E-state index contributed by atoms with van der Waals surface area (Å²) in [5, 5.41) is 18.0. The number of hydrogen-bond donors (Lipinski definition) is 2. The van der Waals surface area contributed by atoms with Gasteiger partial charge in [-0.2, -0.15) is 0 Å². The summed E-state index contributed by atoms with van der Waals surface area (Å²) in [6.45, 7) is 4.40. The Hall–Kier alpha value is -1.39. The summed E-state index contributed by atoms with van der Waals surface area (Å²) in [6.07, 6.45) is 0. The first kappa shape index (κ1) is 13.7. The molecule has 0 aromatic heterocycles. The first-order chi connectivity index (χ1) is 8.10. The third-order valence-electron chi connectivity index (χ3n) is 2.70. The Balaban J connectivity index is 3.07. The van der Waals surface area contributed by atoms with Gasteiger partial charge in [0.25, 0.3) is 0 Å². The molecular formula is C13H19NO3. The second-order valence-corrected chi connectivity index (χ2v) is 3.99. The largest absolute Gasteiger partial charge is 0.395 e. The number of aliphatic hydroxyl groups excluding tert-OH is 2. The van der Waals surface area contributed by atoms with E-state index in [4.69, 9.17) is 10.2 Å². The minimum atomic E-state index is 0.0131. The van der Waals surface area contributed by atoms with Crippen LogP contribution in [0, 0.1) is 6.92 Å². The lowest BCUT2D eigenvalue weighted by atomic mass is 10.1. The van der Waals surface area contributed by atoms with Gasteiger partial charge in [0, 0.05) is 24.3 Å². The van der Waals surface area contributed by atoms with Crippen molar-refractivity contribution in [2.24, 2.45) is 0 Å². The molecule has 0 radical (unpaired) electrons. The van der Waals surface area contributed by atoms with Crippen molar-refractivity contribution in [2.75, 3.05) is 31.2 Å². The fourth-order valence-electron chi connectivity index (χ4n) is 1.76. The van der Waals surface area contributed by atoms with Crippen LogP contribution in [0.5, 0.6) is 0 Å². The maximum absolute atomic E-state index is 11.3. The molecule has 0 bridgehead atoms. The van der Waals surface area contributed by atoms with E-state index in [0.29, 0.717) is 18.7 Å². The highest BCUT2D eigenvalue weighted by molar-refractivity contribution is 5.95. The van der Waals surface area contributed by atoms with Gasteiger partial charge >= 0.3 is 0 Å². The topological polar surface area (TPSA) is 60.8 Å². The Morgan fingerprint density at radius 1 is 1.24 bits per heavy atom. The Kier molecular flexibility index (Phi) is 5.12. The maximum Gasteiger partial charge on any atom is 0.159 e. The van der Waals surface area contributed by atoms with Crippen LogP contribution in [0.4, 0.5) is 5.69 Å². The van der Waals surface area contributed by atoms with Crippen LogP contribution in [0.2, 0.25) is 0 Å². The lowest BCUT2D eigenvalue weighted by molar-refractivity contribution is 0.101. The molecule has 94 valence electrons. The highest BCUT2D eigenvalue weighted by atomic mass is 16.3. The molecule has 0 atom stereocenters. The van der Waals surface area contributed by atoms with Gasteiger partial charge in [0.1, 0.15) is 0 Å². The van der Waals surface area contributed by atoms with Crippen molar-refractivity contribution in [1.82, 2.24) is 0 Å². The molecule has 0 saturated heterocycles. The Bertz CT molecular complexity index is 384. The van der Waals surface area contributed by atoms with Crippen LogP contribution in [-0.4, -0.2) is 42.3 Å². The highest BCUT2D eigenvalue weighted by Gasteiger charge is 2.10. The standard InChI is InChI=1S/C13H19NO3/c1-10-3-4-12(11(2)17)9-13(10)14(5-7-15)6-8-16/h3-4,9,15-16H,5-8H2,1-2H3. The van der Waals surface area contributed by atoms with Gasteiger partial charge in [0.15, 0.2) is 5.78 Å². The number of aryl methyl sites for hydroxylation is 1. The summed E-state index contributed by atoms with van der Waals surface area (Å²) < 4.78 is 0. The van der Waals surface area contributed by atoms with Crippen LogP contribution in [0.1, 0.15) is 22.8 Å². The average molecular weight is 237 g/mol. The number of aliphatic hydroxyl groups is 2. The van der Waals surface area contributed by atoms with Crippen LogP contribution < -0.4 is 4.90 Å². The zero-order valence-corrected chi connectivity index (χ0v) is 10.3. The van der Waals surface area contributed by atoms with Crippen molar-refractivity contribution in [3.63, 3.8) is 0 Å². The van der Waals surface area contributed by atoms with E-state index < -0.39 is 0 Å². The minimum absolute atomic E-state index is 0.0131. The number of rotatable bonds is 6. The van der Waals surface area contributed by atoms with Crippen molar-refractivity contribution in [2.45, 2.75) is 13.8 Å². The smallest absolute Gasteiger partial charge is 0.159 e. The van der Waals surface area contributed by atoms with Crippen molar-refractivity contribution >= 4 is 11.5 Å². The Morgan fingerprint density at radius 2 is 1.82 bits per heavy atom. The highest BCUT2D eigenvalue weighted by Crippen LogP contribution is 2.21. The summed E-state index contributed by atoms with van der Waals surface area (Å²) in [6, 6.07) is 5.48. The predicted octanol–water partition coefficient (Wildman–Crippen LogP) is 0.989. The molecule has 0 aliphatic heterocycles. The van der Waals surface area contributed by atoms with Gasteiger partial charge in [-0.3, -0.25) is 4.79 Å². The van der Waals surface area contributed by atoms with Gasteiger partial charge in [0.05, 0.1) is 13.2 Å². The molecule has 1 rings (SSSR count). The molecular weight excluding hydrogens is 218 g/mol. The van der Waals surface area contributed by atoms with E-state index in [2.05, 4.69) is 0 Å². The third-order valence-corrected chi connectivity index (χ3v) is 2.70. The van der Waals surface area contributed by atoms with Crippen LogP contribution in [0.25, 0.3) is 0 Å². The molecule has 0 saturated carbocycles. The average Bonchev–Trinajstić information content (AvgIpc) is 2.29. The lowest BCUT2D eigenvalue weighted by Gasteiger charge is -2.25. The summed E-state index contributed by atoms with van der Waals surface area (Å²) in [4.78, 5) is 13.2. The molecule has 4 nitrogen and oxygen atoms in total. The number of hydrogen-bond acceptors (Lipinski definition) is 4. The Labute approximate surface area is 101 Å². The normalized spacial score (nSPS) is 10.4. The summed E-state index contributed by atoms with van der Waals surface area (Å²) in [5.41, 5.74) is 2.56. The summed E-state index contributed by atoms with van der Waals surface area (Å²) in [5.74, 6) is 0.0131. The van der Waals surface area contributed by atoms with Crippen LogP contribution in [0.15, 0.2) is 18.2 Å². The molecule has 17 heavy (non-hydrogen) atoms. The zero-order chi connectivity index (χ0) is 12.8. The second kappa shape index (κ2) is 6.37. The number of benzene rings is 1. The van der Waals surface area contributed by atoms with Gasteiger partial charge in [-0.05, 0) is 25.5 Å². The molecule has 1 aromatic carbocycles. The van der Waals surface area contributed by atoms with E-state index in [1.165, 1.54) is 6.92 Å². The van der Waals surface area contributed by atoms with E-state index in [1.54, 1.807) is 6.07 Å². The van der Waals surface area contributed by atoms with E-state index in [9.17, 15) is 4.79 Å². The van der Waals surface area contributed by atoms with Gasteiger partial charge in [-0.25, -0.2) is 0 Å². The van der Waals surface area contributed by atoms with Crippen molar-refractivity contribution in [1.29, 1.82) is 0 Å². The van der Waals surface area contributed by atoms with Crippen molar-refractivity contribution in [3.8, 4) is 0 Å². The third kappa shape index (κ3) is 3.54. The predicted molar refractivity (Wildman–Crippen MR) is 67.6 cm³/mol. The molecule has 1 aromatic rings. The number of anilines is 1. The Morgan fingerprint density at radius 3 is 2.29 bits per heavy atom. The molecule has 0 spiro atoms. The molecule has 0 aliphatic rings. The maximum atomic E-state index is 11.3. The fourth-order valence-corrected chi connectivity index (χ4v) is 1.76. The monoisotopic (exact) mass is 237 g/mol. The SMILES string of the molecule is CC(=O)c1ccc(C)c(N(CCO)CCO)c1. The van der Waals surface area contributed by atoms with Gasteiger partial charge in [-0.1, -0.05) is 12.1 Å². The molecule has 4 heteroatoms. The van der Waals surface area contributed by atoms with E-state index in [-0.39, 0.29) is 19.0 Å². The number of carbonyl (C=O) groups excluding carboxylic acids is 1. The van der Waals surface area contributed by atoms with Gasteiger partial charge < -0.3 is 15.1 Å².